The zero-order valence-corrected chi connectivity index (χ0v) is 13.9. The van der Waals surface area contributed by atoms with Crippen LogP contribution in [0, 0.1) is 6.92 Å². The number of aryl methyl sites for hydroxylation is 1. The van der Waals surface area contributed by atoms with Crippen LogP contribution in [-0.2, 0) is 0 Å². The van der Waals surface area contributed by atoms with E-state index < -0.39 is 0 Å². The van der Waals surface area contributed by atoms with Crippen LogP contribution in [0.3, 0.4) is 0 Å². The molecule has 2 aromatic carbocycles. The highest BCUT2D eigenvalue weighted by molar-refractivity contribution is 5.96. The van der Waals surface area contributed by atoms with Crippen LogP contribution in [0.15, 0.2) is 48.5 Å². The van der Waals surface area contributed by atoms with Crippen molar-refractivity contribution >= 4 is 5.91 Å². The van der Waals surface area contributed by atoms with Crippen molar-refractivity contribution in [3.63, 3.8) is 0 Å². The number of carbonyl (C=O) groups excluding carboxylic acids is 1. The summed E-state index contributed by atoms with van der Waals surface area (Å²) in [6.45, 7) is 5.39. The molecule has 2 aromatic rings. The number of likely N-dealkylation sites (N-methyl/N-ethyl adjacent to an activating group) is 1. The fourth-order valence-corrected chi connectivity index (χ4v) is 2.24. The van der Waals surface area contributed by atoms with Crippen molar-refractivity contribution in [1.82, 2.24) is 4.90 Å². The number of hydrogen-bond donors (Lipinski definition) is 0. The molecule has 0 fully saturated rings. The van der Waals surface area contributed by atoms with Gasteiger partial charge >= 0.3 is 0 Å². The second-order valence-electron chi connectivity index (χ2n) is 5.27. The third-order valence-electron chi connectivity index (χ3n) is 3.54. The summed E-state index contributed by atoms with van der Waals surface area (Å²) in [4.78, 5) is 14.2. The zero-order chi connectivity index (χ0) is 16.7. The number of rotatable bonds is 7. The highest BCUT2D eigenvalue weighted by atomic mass is 16.5. The van der Waals surface area contributed by atoms with Crippen molar-refractivity contribution < 1.29 is 14.3 Å². The van der Waals surface area contributed by atoms with Crippen LogP contribution in [0.4, 0.5) is 0 Å². The standard InChI is InChI=1S/C19H23NO3/c1-4-22-18-12-8-6-10-16(18)19(21)20(3)13-14-23-17-11-7-5-9-15(17)2/h5-12H,4,13-14H2,1-3H3. The van der Waals surface area contributed by atoms with E-state index in [1.54, 1.807) is 18.0 Å². The zero-order valence-electron chi connectivity index (χ0n) is 13.9. The number of nitrogens with zero attached hydrogens (tertiary/aromatic N) is 1. The quantitative estimate of drug-likeness (QED) is 0.785. The number of ether oxygens (including phenoxy) is 2. The average Bonchev–Trinajstić information content (AvgIpc) is 2.56. The van der Waals surface area contributed by atoms with Gasteiger partial charge in [-0.1, -0.05) is 30.3 Å². The summed E-state index contributed by atoms with van der Waals surface area (Å²) in [6, 6.07) is 15.2. The Bertz CT molecular complexity index is 655. The van der Waals surface area contributed by atoms with Crippen LogP contribution < -0.4 is 9.47 Å². The Morgan fingerprint density at radius 2 is 1.65 bits per heavy atom. The second kappa shape index (κ2) is 8.22. The second-order valence-corrected chi connectivity index (χ2v) is 5.27. The molecular formula is C19H23NO3. The molecular weight excluding hydrogens is 290 g/mol. The molecule has 0 aromatic heterocycles. The van der Waals surface area contributed by atoms with Gasteiger partial charge in [0.15, 0.2) is 0 Å². The van der Waals surface area contributed by atoms with Gasteiger partial charge in [0.1, 0.15) is 18.1 Å². The van der Waals surface area contributed by atoms with Gasteiger partial charge in [0.2, 0.25) is 0 Å². The minimum Gasteiger partial charge on any atom is -0.493 e. The van der Waals surface area contributed by atoms with Crippen LogP contribution in [0.2, 0.25) is 0 Å². The van der Waals surface area contributed by atoms with Crippen molar-refractivity contribution in [3.05, 3.63) is 59.7 Å². The van der Waals surface area contributed by atoms with E-state index >= 15 is 0 Å². The summed E-state index contributed by atoms with van der Waals surface area (Å²) in [5, 5.41) is 0. The van der Waals surface area contributed by atoms with E-state index in [-0.39, 0.29) is 5.91 Å². The van der Waals surface area contributed by atoms with Gasteiger partial charge < -0.3 is 14.4 Å². The van der Waals surface area contributed by atoms with E-state index in [0.717, 1.165) is 11.3 Å². The Hall–Kier alpha value is -2.49. The molecule has 0 aliphatic heterocycles. The lowest BCUT2D eigenvalue weighted by atomic mass is 10.2. The number of hydrogen-bond acceptors (Lipinski definition) is 3. The van der Waals surface area contributed by atoms with E-state index in [0.29, 0.717) is 31.1 Å². The van der Waals surface area contributed by atoms with E-state index in [9.17, 15) is 4.79 Å². The number of benzene rings is 2. The van der Waals surface area contributed by atoms with Crippen molar-refractivity contribution in [2.75, 3.05) is 26.8 Å². The number of para-hydroxylation sites is 2. The molecule has 0 saturated heterocycles. The highest BCUT2D eigenvalue weighted by Gasteiger charge is 2.16. The van der Waals surface area contributed by atoms with Gasteiger partial charge in [-0.15, -0.1) is 0 Å². The maximum atomic E-state index is 12.5. The van der Waals surface area contributed by atoms with E-state index in [1.165, 1.54) is 0 Å². The van der Waals surface area contributed by atoms with Crippen LogP contribution in [-0.4, -0.2) is 37.6 Å². The van der Waals surface area contributed by atoms with E-state index in [2.05, 4.69) is 0 Å². The summed E-state index contributed by atoms with van der Waals surface area (Å²) in [5.74, 6) is 1.40. The Labute approximate surface area is 137 Å². The third-order valence-corrected chi connectivity index (χ3v) is 3.54. The molecule has 0 atom stereocenters. The summed E-state index contributed by atoms with van der Waals surface area (Å²) in [7, 11) is 1.77. The molecule has 0 N–H and O–H groups in total. The summed E-state index contributed by atoms with van der Waals surface area (Å²) in [6.07, 6.45) is 0. The minimum absolute atomic E-state index is 0.0672. The molecule has 0 spiro atoms. The predicted octanol–water partition coefficient (Wildman–Crippen LogP) is 3.54. The molecule has 0 bridgehead atoms. The van der Waals surface area contributed by atoms with Crippen molar-refractivity contribution in [1.29, 1.82) is 0 Å². The van der Waals surface area contributed by atoms with Crippen LogP contribution in [0.1, 0.15) is 22.8 Å². The monoisotopic (exact) mass is 313 g/mol. The van der Waals surface area contributed by atoms with Gasteiger partial charge in [0.25, 0.3) is 5.91 Å². The third kappa shape index (κ3) is 4.49. The highest BCUT2D eigenvalue weighted by Crippen LogP contribution is 2.20. The Morgan fingerprint density at radius 3 is 2.35 bits per heavy atom. The maximum Gasteiger partial charge on any atom is 0.257 e. The molecule has 2 rings (SSSR count). The van der Waals surface area contributed by atoms with Crippen LogP contribution in [0.25, 0.3) is 0 Å². The lowest BCUT2D eigenvalue weighted by Crippen LogP contribution is -2.31. The summed E-state index contributed by atoms with van der Waals surface area (Å²) < 4.78 is 11.3. The first kappa shape index (κ1) is 16.9. The first-order valence-electron chi connectivity index (χ1n) is 7.79. The molecule has 0 radical (unpaired) electrons. The Balaban J connectivity index is 1.94. The van der Waals surface area contributed by atoms with Gasteiger partial charge in [0, 0.05) is 7.05 Å². The van der Waals surface area contributed by atoms with Gasteiger partial charge in [0.05, 0.1) is 18.7 Å². The number of amides is 1. The summed E-state index contributed by atoms with van der Waals surface area (Å²) in [5.41, 5.74) is 1.66. The largest absolute Gasteiger partial charge is 0.493 e. The molecule has 4 heteroatoms. The van der Waals surface area contributed by atoms with Crippen LogP contribution in [0.5, 0.6) is 11.5 Å². The lowest BCUT2D eigenvalue weighted by molar-refractivity contribution is 0.0769. The fraction of sp³-hybridized carbons (Fsp3) is 0.316. The van der Waals surface area contributed by atoms with Gasteiger partial charge in [-0.25, -0.2) is 0 Å². The van der Waals surface area contributed by atoms with E-state index in [1.807, 2.05) is 56.3 Å². The molecule has 0 aliphatic rings. The molecule has 0 unspecified atom stereocenters. The van der Waals surface area contributed by atoms with Gasteiger partial charge in [-0.3, -0.25) is 4.79 Å². The van der Waals surface area contributed by atoms with E-state index in [4.69, 9.17) is 9.47 Å². The fourth-order valence-electron chi connectivity index (χ4n) is 2.24. The lowest BCUT2D eigenvalue weighted by Gasteiger charge is -2.19. The predicted molar refractivity (Wildman–Crippen MR) is 91.2 cm³/mol. The number of carbonyl (C=O) groups is 1. The molecule has 122 valence electrons. The maximum absolute atomic E-state index is 12.5. The van der Waals surface area contributed by atoms with Gasteiger partial charge in [-0.2, -0.15) is 0 Å². The minimum atomic E-state index is -0.0672. The van der Waals surface area contributed by atoms with Crippen molar-refractivity contribution in [2.45, 2.75) is 13.8 Å². The molecule has 0 heterocycles. The molecule has 1 amide bonds. The first-order valence-corrected chi connectivity index (χ1v) is 7.79. The average molecular weight is 313 g/mol. The Kier molecular flexibility index (Phi) is 6.03. The Morgan fingerprint density at radius 1 is 1.00 bits per heavy atom. The molecule has 4 nitrogen and oxygen atoms in total. The molecule has 0 aliphatic carbocycles. The molecule has 0 saturated carbocycles. The van der Waals surface area contributed by atoms with Gasteiger partial charge in [-0.05, 0) is 37.6 Å². The van der Waals surface area contributed by atoms with Crippen LogP contribution >= 0.6 is 0 Å². The van der Waals surface area contributed by atoms with Crippen molar-refractivity contribution in [2.24, 2.45) is 0 Å². The SMILES string of the molecule is CCOc1ccccc1C(=O)N(C)CCOc1ccccc1C. The van der Waals surface area contributed by atoms with Crippen molar-refractivity contribution in [3.8, 4) is 11.5 Å². The molecule has 23 heavy (non-hydrogen) atoms. The topological polar surface area (TPSA) is 38.8 Å². The first-order chi connectivity index (χ1) is 11.1. The smallest absolute Gasteiger partial charge is 0.257 e. The normalized spacial score (nSPS) is 10.2. The summed E-state index contributed by atoms with van der Waals surface area (Å²) >= 11 is 0.